The molecular formula is C13H15N3O. The molecule has 0 fully saturated rings. The van der Waals surface area contributed by atoms with Crippen molar-refractivity contribution >= 4 is 5.82 Å². The number of hydrogen-bond acceptors (Lipinski definition) is 4. The van der Waals surface area contributed by atoms with Crippen LogP contribution in [0.25, 0.3) is 0 Å². The van der Waals surface area contributed by atoms with E-state index < -0.39 is 0 Å². The van der Waals surface area contributed by atoms with Crippen LogP contribution in [0.4, 0.5) is 5.82 Å². The fraction of sp³-hybridized carbons (Fsp3) is 0.231. The fourth-order valence-corrected chi connectivity index (χ4v) is 1.44. The van der Waals surface area contributed by atoms with E-state index in [4.69, 9.17) is 4.74 Å². The Kier molecular flexibility index (Phi) is 3.55. The van der Waals surface area contributed by atoms with E-state index in [1.54, 1.807) is 6.20 Å². The van der Waals surface area contributed by atoms with Crippen LogP contribution in [0.15, 0.2) is 36.5 Å². The van der Waals surface area contributed by atoms with Crippen LogP contribution in [0, 0.1) is 6.92 Å². The van der Waals surface area contributed by atoms with Gasteiger partial charge in [0.25, 0.3) is 0 Å². The van der Waals surface area contributed by atoms with Crippen molar-refractivity contribution in [3.63, 3.8) is 0 Å². The number of anilines is 1. The van der Waals surface area contributed by atoms with Crippen molar-refractivity contribution in [3.05, 3.63) is 42.2 Å². The Morgan fingerprint density at radius 1 is 1.24 bits per heavy atom. The SMILES string of the molecule is CCNc1cccc(Oc2cccnc2C)n1. The number of aromatic nitrogens is 2. The number of nitrogens with one attached hydrogen (secondary N) is 1. The van der Waals surface area contributed by atoms with Gasteiger partial charge in [0.05, 0.1) is 5.69 Å². The van der Waals surface area contributed by atoms with Crippen molar-refractivity contribution in [2.75, 3.05) is 11.9 Å². The second kappa shape index (κ2) is 5.30. The molecular weight excluding hydrogens is 214 g/mol. The van der Waals surface area contributed by atoms with Gasteiger partial charge in [-0.25, -0.2) is 0 Å². The largest absolute Gasteiger partial charge is 0.437 e. The Morgan fingerprint density at radius 2 is 2.12 bits per heavy atom. The van der Waals surface area contributed by atoms with Gasteiger partial charge >= 0.3 is 0 Å². The topological polar surface area (TPSA) is 47.0 Å². The summed E-state index contributed by atoms with van der Waals surface area (Å²) < 4.78 is 5.68. The molecule has 0 amide bonds. The van der Waals surface area contributed by atoms with Crippen molar-refractivity contribution in [3.8, 4) is 11.6 Å². The van der Waals surface area contributed by atoms with Crippen LogP contribution in [0.1, 0.15) is 12.6 Å². The Hall–Kier alpha value is -2.10. The fourth-order valence-electron chi connectivity index (χ4n) is 1.44. The highest BCUT2D eigenvalue weighted by Gasteiger charge is 2.03. The zero-order valence-corrected chi connectivity index (χ0v) is 9.97. The molecule has 88 valence electrons. The van der Waals surface area contributed by atoms with E-state index in [1.807, 2.05) is 44.2 Å². The van der Waals surface area contributed by atoms with E-state index in [1.165, 1.54) is 0 Å². The van der Waals surface area contributed by atoms with Gasteiger partial charge in [-0.2, -0.15) is 4.98 Å². The second-order valence-corrected chi connectivity index (χ2v) is 3.58. The van der Waals surface area contributed by atoms with Crippen molar-refractivity contribution in [2.24, 2.45) is 0 Å². The lowest BCUT2D eigenvalue weighted by Gasteiger charge is -2.08. The minimum Gasteiger partial charge on any atom is -0.437 e. The molecule has 0 unspecified atom stereocenters. The summed E-state index contributed by atoms with van der Waals surface area (Å²) in [7, 11) is 0. The van der Waals surface area contributed by atoms with Crippen LogP contribution >= 0.6 is 0 Å². The first-order valence-electron chi connectivity index (χ1n) is 5.60. The number of rotatable bonds is 4. The molecule has 0 saturated heterocycles. The first-order valence-corrected chi connectivity index (χ1v) is 5.60. The van der Waals surface area contributed by atoms with Crippen LogP contribution in [0.5, 0.6) is 11.6 Å². The Bertz CT molecular complexity index is 500. The summed E-state index contributed by atoms with van der Waals surface area (Å²) in [5.74, 6) is 2.11. The second-order valence-electron chi connectivity index (χ2n) is 3.58. The summed E-state index contributed by atoms with van der Waals surface area (Å²) in [6.07, 6.45) is 1.74. The van der Waals surface area contributed by atoms with Gasteiger partial charge < -0.3 is 10.1 Å². The predicted molar refractivity (Wildman–Crippen MR) is 67.4 cm³/mol. The van der Waals surface area contributed by atoms with Gasteiger partial charge in [0.15, 0.2) is 5.75 Å². The molecule has 0 aromatic carbocycles. The maximum atomic E-state index is 5.68. The summed E-state index contributed by atoms with van der Waals surface area (Å²) in [5, 5.41) is 3.14. The molecule has 0 saturated carbocycles. The van der Waals surface area contributed by atoms with Gasteiger partial charge in [0.1, 0.15) is 5.82 Å². The third kappa shape index (κ3) is 2.93. The quantitative estimate of drug-likeness (QED) is 0.875. The average Bonchev–Trinajstić information content (AvgIpc) is 2.33. The summed E-state index contributed by atoms with van der Waals surface area (Å²) in [4.78, 5) is 8.50. The normalized spacial score (nSPS) is 10.0. The van der Waals surface area contributed by atoms with Crippen LogP contribution in [-0.4, -0.2) is 16.5 Å². The molecule has 0 aliphatic rings. The summed E-state index contributed by atoms with van der Waals surface area (Å²) in [6, 6.07) is 9.37. The van der Waals surface area contributed by atoms with Crippen LogP contribution < -0.4 is 10.1 Å². The molecule has 2 aromatic rings. The number of ether oxygens (including phenoxy) is 1. The maximum Gasteiger partial charge on any atom is 0.221 e. The number of nitrogens with zero attached hydrogens (tertiary/aromatic N) is 2. The van der Waals surface area contributed by atoms with Gasteiger partial charge in [-0.3, -0.25) is 4.98 Å². The van der Waals surface area contributed by atoms with E-state index in [2.05, 4.69) is 15.3 Å². The predicted octanol–water partition coefficient (Wildman–Crippen LogP) is 3.01. The summed E-state index contributed by atoms with van der Waals surface area (Å²) in [6.45, 7) is 4.77. The molecule has 2 heterocycles. The van der Waals surface area contributed by atoms with Gasteiger partial charge in [-0.1, -0.05) is 6.07 Å². The van der Waals surface area contributed by atoms with Crippen molar-refractivity contribution in [2.45, 2.75) is 13.8 Å². The van der Waals surface area contributed by atoms with Gasteiger partial charge in [0.2, 0.25) is 5.88 Å². The lowest BCUT2D eigenvalue weighted by molar-refractivity contribution is 0.457. The van der Waals surface area contributed by atoms with Crippen molar-refractivity contribution < 1.29 is 4.74 Å². The first kappa shape index (κ1) is 11.4. The Labute approximate surface area is 101 Å². The minimum atomic E-state index is 0.569. The van der Waals surface area contributed by atoms with E-state index in [-0.39, 0.29) is 0 Å². The highest BCUT2D eigenvalue weighted by atomic mass is 16.5. The highest BCUT2D eigenvalue weighted by molar-refractivity contribution is 5.38. The highest BCUT2D eigenvalue weighted by Crippen LogP contribution is 2.22. The summed E-state index contributed by atoms with van der Waals surface area (Å²) >= 11 is 0. The van der Waals surface area contributed by atoms with Crippen LogP contribution in [0.2, 0.25) is 0 Å². The van der Waals surface area contributed by atoms with Gasteiger partial charge in [0, 0.05) is 18.8 Å². The number of aryl methyl sites for hydroxylation is 1. The van der Waals surface area contributed by atoms with E-state index in [0.717, 1.165) is 23.8 Å². The van der Waals surface area contributed by atoms with E-state index in [9.17, 15) is 0 Å². The zero-order chi connectivity index (χ0) is 12.1. The third-order valence-corrected chi connectivity index (χ3v) is 2.25. The molecule has 0 radical (unpaired) electrons. The minimum absolute atomic E-state index is 0.569. The van der Waals surface area contributed by atoms with Crippen molar-refractivity contribution in [1.82, 2.24) is 9.97 Å². The molecule has 0 aliphatic carbocycles. The van der Waals surface area contributed by atoms with Gasteiger partial charge in [-0.05, 0) is 32.0 Å². The third-order valence-electron chi connectivity index (χ3n) is 2.25. The Morgan fingerprint density at radius 3 is 2.88 bits per heavy atom. The lowest BCUT2D eigenvalue weighted by Crippen LogP contribution is -2.00. The molecule has 0 atom stereocenters. The monoisotopic (exact) mass is 229 g/mol. The first-order chi connectivity index (χ1) is 8.29. The van der Waals surface area contributed by atoms with Crippen LogP contribution in [0.3, 0.4) is 0 Å². The lowest BCUT2D eigenvalue weighted by atomic mass is 10.3. The maximum absolute atomic E-state index is 5.68. The molecule has 17 heavy (non-hydrogen) atoms. The smallest absolute Gasteiger partial charge is 0.221 e. The summed E-state index contributed by atoms with van der Waals surface area (Å²) in [5.41, 5.74) is 0.850. The van der Waals surface area contributed by atoms with Gasteiger partial charge in [-0.15, -0.1) is 0 Å². The van der Waals surface area contributed by atoms with Crippen molar-refractivity contribution in [1.29, 1.82) is 0 Å². The van der Waals surface area contributed by atoms with Crippen LogP contribution in [-0.2, 0) is 0 Å². The number of pyridine rings is 2. The molecule has 1 N–H and O–H groups in total. The van der Waals surface area contributed by atoms with E-state index >= 15 is 0 Å². The Balaban J connectivity index is 2.18. The molecule has 0 spiro atoms. The standard InChI is InChI=1S/C13H15N3O/c1-3-14-12-7-4-8-13(16-12)17-11-6-5-9-15-10(11)2/h4-9H,3H2,1-2H3,(H,14,16). The average molecular weight is 229 g/mol. The number of hydrogen-bond donors (Lipinski definition) is 1. The molecule has 4 nitrogen and oxygen atoms in total. The molecule has 0 bridgehead atoms. The molecule has 0 aliphatic heterocycles. The zero-order valence-electron chi connectivity index (χ0n) is 9.97. The molecule has 2 rings (SSSR count). The molecule has 2 aromatic heterocycles. The molecule has 4 heteroatoms. The van der Waals surface area contributed by atoms with E-state index in [0.29, 0.717) is 5.88 Å².